The fraction of sp³-hybridized carbons (Fsp3) is 0.462. The second-order valence-electron chi connectivity index (χ2n) is 4.55. The van der Waals surface area contributed by atoms with Crippen LogP contribution in [0.4, 0.5) is 0 Å². The average Bonchev–Trinajstić information content (AvgIpc) is 2.30. The van der Waals surface area contributed by atoms with Crippen molar-refractivity contribution >= 4 is 34.5 Å². The number of carbonyl (C=O) groups excluding carboxylic acids is 1. The van der Waals surface area contributed by atoms with Gasteiger partial charge >= 0.3 is 0 Å². The Morgan fingerprint density at radius 1 is 1.28 bits per heavy atom. The SMILES string of the molecule is CN(C)CCCN(C)C(=O)c1cc(S)ccc1Br. The number of thiol groups is 1. The maximum atomic E-state index is 12.2. The first kappa shape index (κ1) is 15.5. The van der Waals surface area contributed by atoms with Crippen molar-refractivity contribution < 1.29 is 4.79 Å². The van der Waals surface area contributed by atoms with Crippen molar-refractivity contribution in [3.8, 4) is 0 Å². The Morgan fingerprint density at radius 2 is 1.94 bits per heavy atom. The Hall–Kier alpha value is -0.520. The minimum absolute atomic E-state index is 0.0246. The summed E-state index contributed by atoms with van der Waals surface area (Å²) < 4.78 is 0.810. The van der Waals surface area contributed by atoms with E-state index in [1.165, 1.54) is 0 Å². The van der Waals surface area contributed by atoms with E-state index in [2.05, 4.69) is 33.5 Å². The van der Waals surface area contributed by atoms with Gasteiger partial charge in [0.05, 0.1) is 5.56 Å². The maximum Gasteiger partial charge on any atom is 0.254 e. The molecule has 0 bridgehead atoms. The highest BCUT2D eigenvalue weighted by Crippen LogP contribution is 2.21. The Bertz CT molecular complexity index is 423. The molecule has 0 saturated heterocycles. The molecular weight excluding hydrogens is 312 g/mol. The van der Waals surface area contributed by atoms with Gasteiger partial charge in [0, 0.05) is 23.0 Å². The van der Waals surface area contributed by atoms with Gasteiger partial charge in [0.15, 0.2) is 0 Å². The zero-order valence-corrected chi connectivity index (χ0v) is 13.5. The number of halogens is 1. The molecule has 0 N–H and O–H groups in total. The highest BCUT2D eigenvalue weighted by atomic mass is 79.9. The summed E-state index contributed by atoms with van der Waals surface area (Å²) in [6, 6.07) is 5.50. The molecular formula is C13H19BrN2OS. The average molecular weight is 331 g/mol. The van der Waals surface area contributed by atoms with E-state index in [9.17, 15) is 4.79 Å². The van der Waals surface area contributed by atoms with Crippen LogP contribution in [0.25, 0.3) is 0 Å². The number of hydrogen-bond acceptors (Lipinski definition) is 3. The van der Waals surface area contributed by atoms with Crippen LogP contribution in [0.3, 0.4) is 0 Å². The highest BCUT2D eigenvalue weighted by Gasteiger charge is 2.14. The summed E-state index contributed by atoms with van der Waals surface area (Å²) in [6.07, 6.45) is 0.966. The molecule has 0 unspecified atom stereocenters. The third-order valence-corrected chi connectivity index (χ3v) is 3.60. The van der Waals surface area contributed by atoms with E-state index in [-0.39, 0.29) is 5.91 Å². The Labute approximate surface area is 123 Å². The Balaban J connectivity index is 2.65. The fourth-order valence-electron chi connectivity index (χ4n) is 1.61. The molecule has 1 rings (SSSR count). The number of carbonyl (C=O) groups is 1. The lowest BCUT2D eigenvalue weighted by Crippen LogP contribution is -2.30. The summed E-state index contributed by atoms with van der Waals surface area (Å²) in [7, 11) is 5.89. The lowest BCUT2D eigenvalue weighted by Gasteiger charge is -2.19. The topological polar surface area (TPSA) is 23.6 Å². The van der Waals surface area contributed by atoms with Gasteiger partial charge < -0.3 is 9.80 Å². The van der Waals surface area contributed by atoms with Crippen molar-refractivity contribution in [2.45, 2.75) is 11.3 Å². The van der Waals surface area contributed by atoms with Gasteiger partial charge in [-0.2, -0.15) is 0 Å². The fourth-order valence-corrected chi connectivity index (χ4v) is 2.23. The number of nitrogens with zero attached hydrogens (tertiary/aromatic N) is 2. The van der Waals surface area contributed by atoms with Crippen molar-refractivity contribution in [1.29, 1.82) is 0 Å². The van der Waals surface area contributed by atoms with Gasteiger partial charge in [0.25, 0.3) is 5.91 Å². The number of benzene rings is 1. The van der Waals surface area contributed by atoms with Crippen LogP contribution < -0.4 is 0 Å². The minimum atomic E-state index is 0.0246. The van der Waals surface area contributed by atoms with E-state index >= 15 is 0 Å². The molecule has 0 heterocycles. The molecule has 0 spiro atoms. The summed E-state index contributed by atoms with van der Waals surface area (Å²) in [5, 5.41) is 0. The van der Waals surface area contributed by atoms with Crippen LogP contribution in [-0.4, -0.2) is 49.9 Å². The van der Waals surface area contributed by atoms with Gasteiger partial charge in [-0.05, 0) is 61.2 Å². The van der Waals surface area contributed by atoms with Crippen LogP contribution in [0.15, 0.2) is 27.6 Å². The first-order chi connectivity index (χ1) is 8.41. The number of rotatable bonds is 5. The molecule has 3 nitrogen and oxygen atoms in total. The monoisotopic (exact) mass is 330 g/mol. The molecule has 1 aromatic carbocycles. The van der Waals surface area contributed by atoms with Crippen LogP contribution in [0.1, 0.15) is 16.8 Å². The van der Waals surface area contributed by atoms with E-state index in [1.807, 2.05) is 33.3 Å². The molecule has 0 aliphatic heterocycles. The van der Waals surface area contributed by atoms with E-state index in [1.54, 1.807) is 11.0 Å². The second-order valence-corrected chi connectivity index (χ2v) is 5.92. The first-order valence-corrected chi connectivity index (χ1v) is 7.04. The summed E-state index contributed by atoms with van der Waals surface area (Å²) in [5.41, 5.74) is 0.662. The van der Waals surface area contributed by atoms with E-state index in [0.29, 0.717) is 5.56 Å². The molecule has 1 amide bonds. The predicted molar refractivity (Wildman–Crippen MR) is 81.5 cm³/mol. The van der Waals surface area contributed by atoms with Crippen molar-refractivity contribution in [3.63, 3.8) is 0 Å². The summed E-state index contributed by atoms with van der Waals surface area (Å²) >= 11 is 7.66. The lowest BCUT2D eigenvalue weighted by molar-refractivity contribution is 0.0789. The molecule has 100 valence electrons. The smallest absolute Gasteiger partial charge is 0.254 e. The van der Waals surface area contributed by atoms with E-state index in [0.717, 1.165) is 28.9 Å². The standard InChI is InChI=1S/C13H19BrN2OS/c1-15(2)7-4-8-16(3)13(17)11-9-10(18)5-6-12(11)14/h5-6,9,18H,4,7-8H2,1-3H3. The first-order valence-electron chi connectivity index (χ1n) is 5.80. The largest absolute Gasteiger partial charge is 0.342 e. The maximum absolute atomic E-state index is 12.2. The van der Waals surface area contributed by atoms with Gasteiger partial charge in [-0.3, -0.25) is 4.79 Å². The molecule has 0 aliphatic rings. The molecule has 0 aliphatic carbocycles. The van der Waals surface area contributed by atoms with Crippen molar-refractivity contribution in [3.05, 3.63) is 28.2 Å². The van der Waals surface area contributed by atoms with Crippen LogP contribution in [0.2, 0.25) is 0 Å². The van der Waals surface area contributed by atoms with Crippen molar-refractivity contribution in [1.82, 2.24) is 9.80 Å². The molecule has 0 aromatic heterocycles. The van der Waals surface area contributed by atoms with Crippen LogP contribution in [0, 0.1) is 0 Å². The quantitative estimate of drug-likeness (QED) is 0.839. The molecule has 1 aromatic rings. The number of amides is 1. The highest BCUT2D eigenvalue weighted by molar-refractivity contribution is 9.10. The van der Waals surface area contributed by atoms with Crippen LogP contribution >= 0.6 is 28.6 Å². The molecule has 0 atom stereocenters. The molecule has 0 radical (unpaired) electrons. The van der Waals surface area contributed by atoms with E-state index < -0.39 is 0 Å². The van der Waals surface area contributed by atoms with Crippen molar-refractivity contribution in [2.75, 3.05) is 34.2 Å². The predicted octanol–water partition coefficient (Wildman–Crippen LogP) is 2.76. The van der Waals surface area contributed by atoms with Gasteiger partial charge in [-0.1, -0.05) is 0 Å². The third-order valence-electron chi connectivity index (χ3n) is 2.63. The van der Waals surface area contributed by atoms with Crippen LogP contribution in [-0.2, 0) is 0 Å². The van der Waals surface area contributed by atoms with E-state index in [4.69, 9.17) is 0 Å². The molecule has 0 saturated carbocycles. The summed E-state index contributed by atoms with van der Waals surface area (Å²) in [5.74, 6) is 0.0246. The van der Waals surface area contributed by atoms with Gasteiger partial charge in [0.2, 0.25) is 0 Å². The summed E-state index contributed by atoms with van der Waals surface area (Å²) in [4.78, 5) is 16.9. The minimum Gasteiger partial charge on any atom is -0.342 e. The number of hydrogen-bond donors (Lipinski definition) is 1. The molecule has 18 heavy (non-hydrogen) atoms. The Kier molecular flexibility index (Phi) is 6.18. The second kappa shape index (κ2) is 7.16. The lowest BCUT2D eigenvalue weighted by atomic mass is 10.2. The van der Waals surface area contributed by atoms with Gasteiger partial charge in [-0.25, -0.2) is 0 Å². The zero-order chi connectivity index (χ0) is 13.7. The summed E-state index contributed by atoms with van der Waals surface area (Å²) in [6.45, 7) is 1.73. The van der Waals surface area contributed by atoms with Crippen LogP contribution in [0.5, 0.6) is 0 Å². The van der Waals surface area contributed by atoms with Gasteiger partial charge in [0.1, 0.15) is 0 Å². The van der Waals surface area contributed by atoms with Gasteiger partial charge in [-0.15, -0.1) is 12.6 Å². The van der Waals surface area contributed by atoms with Crippen molar-refractivity contribution in [2.24, 2.45) is 0 Å². The zero-order valence-electron chi connectivity index (χ0n) is 11.0. The molecule has 0 fully saturated rings. The normalized spacial score (nSPS) is 10.8. The Morgan fingerprint density at radius 3 is 2.56 bits per heavy atom. The molecule has 5 heteroatoms. The third kappa shape index (κ3) is 4.63.